The second-order valence-electron chi connectivity index (χ2n) is 7.77. The number of anilines is 2. The summed E-state index contributed by atoms with van der Waals surface area (Å²) in [7, 11) is 1.40. The predicted octanol–water partition coefficient (Wildman–Crippen LogP) is 4.82. The fraction of sp³-hybridized carbons (Fsp3) is 0.217. The standard InChI is InChI=1S/C23H20Cl3N5O4S/c1-35-17-5-14(25)4-16(22(33)29-18-3-2-13(24)6-28-18)20(17)30-23(34)21-19(26)12(10-36-21)8-31-9-15(32)7-27-11-31/h2-6,10-11,15,32H,7-9H2,1H3,(H,30,34)(H,28,29,33). The number of rotatable bonds is 7. The first kappa shape index (κ1) is 26.2. The number of nitrogens with one attached hydrogen (secondary N) is 2. The van der Waals surface area contributed by atoms with Gasteiger partial charge in [-0.25, -0.2) is 4.98 Å². The number of β-amino-alcohol motifs (C(OH)–C–C–N with tert-alkyl or cyclic N) is 1. The number of benzene rings is 1. The Morgan fingerprint density at radius 1 is 1.19 bits per heavy atom. The van der Waals surface area contributed by atoms with E-state index in [0.29, 0.717) is 30.2 Å². The third-order valence-electron chi connectivity index (χ3n) is 5.13. The fourth-order valence-corrected chi connectivity index (χ4v) is 5.04. The molecule has 0 spiro atoms. The zero-order valence-electron chi connectivity index (χ0n) is 18.8. The zero-order chi connectivity index (χ0) is 25.8. The number of methoxy groups -OCH3 is 1. The normalized spacial score (nSPS) is 15.0. The molecular weight excluding hydrogens is 549 g/mol. The lowest BCUT2D eigenvalue weighted by Crippen LogP contribution is -2.36. The number of aromatic nitrogens is 1. The van der Waals surface area contributed by atoms with E-state index in [1.54, 1.807) is 23.9 Å². The molecular formula is C23H20Cl3N5O4S. The van der Waals surface area contributed by atoms with Gasteiger partial charge in [-0.05, 0) is 23.6 Å². The van der Waals surface area contributed by atoms with E-state index in [1.807, 2.05) is 4.90 Å². The molecule has 0 saturated carbocycles. The van der Waals surface area contributed by atoms with Crippen LogP contribution in [-0.2, 0) is 6.54 Å². The molecule has 0 bridgehead atoms. The molecule has 0 radical (unpaired) electrons. The molecule has 0 fully saturated rings. The Labute approximate surface area is 225 Å². The number of hydrogen-bond acceptors (Lipinski definition) is 8. The van der Waals surface area contributed by atoms with Crippen molar-refractivity contribution in [3.63, 3.8) is 0 Å². The van der Waals surface area contributed by atoms with E-state index >= 15 is 0 Å². The van der Waals surface area contributed by atoms with Crippen molar-refractivity contribution in [1.29, 1.82) is 0 Å². The average molecular weight is 569 g/mol. The summed E-state index contributed by atoms with van der Waals surface area (Å²) in [6.07, 6.45) is 2.49. The maximum Gasteiger partial charge on any atom is 0.267 e. The van der Waals surface area contributed by atoms with Crippen LogP contribution in [-0.4, -0.2) is 59.4 Å². The Morgan fingerprint density at radius 2 is 2.00 bits per heavy atom. The molecule has 4 rings (SSSR count). The van der Waals surface area contributed by atoms with E-state index in [-0.39, 0.29) is 37.7 Å². The molecule has 2 amide bonds. The minimum absolute atomic E-state index is 0.0656. The van der Waals surface area contributed by atoms with Crippen molar-refractivity contribution in [1.82, 2.24) is 9.88 Å². The first-order chi connectivity index (χ1) is 17.2. The van der Waals surface area contributed by atoms with E-state index in [2.05, 4.69) is 20.6 Å². The van der Waals surface area contributed by atoms with Crippen molar-refractivity contribution in [2.24, 2.45) is 4.99 Å². The van der Waals surface area contributed by atoms with Gasteiger partial charge in [-0.15, -0.1) is 11.3 Å². The molecule has 1 unspecified atom stereocenters. The minimum Gasteiger partial charge on any atom is -0.494 e. The van der Waals surface area contributed by atoms with Crippen LogP contribution in [0.15, 0.2) is 40.8 Å². The third kappa shape index (κ3) is 6.08. The summed E-state index contributed by atoms with van der Waals surface area (Å²) in [6, 6.07) is 6.02. The smallest absolute Gasteiger partial charge is 0.267 e. The molecule has 36 heavy (non-hydrogen) atoms. The van der Waals surface area contributed by atoms with Gasteiger partial charge in [-0.2, -0.15) is 0 Å². The quantitative estimate of drug-likeness (QED) is 0.376. The second-order valence-corrected chi connectivity index (χ2v) is 9.90. The van der Waals surface area contributed by atoms with Gasteiger partial charge in [0.25, 0.3) is 11.8 Å². The van der Waals surface area contributed by atoms with Crippen molar-refractivity contribution >= 4 is 75.8 Å². The molecule has 1 aliphatic heterocycles. The lowest BCUT2D eigenvalue weighted by molar-refractivity contribution is 0.102. The molecule has 1 aliphatic rings. The molecule has 188 valence electrons. The molecule has 0 saturated heterocycles. The molecule has 3 aromatic rings. The number of pyridine rings is 1. The number of thiophene rings is 1. The lowest BCUT2D eigenvalue weighted by atomic mass is 10.1. The summed E-state index contributed by atoms with van der Waals surface area (Å²) in [6.45, 7) is 1.16. The molecule has 3 heterocycles. The molecule has 9 nitrogen and oxygen atoms in total. The van der Waals surface area contributed by atoms with Crippen LogP contribution in [0.5, 0.6) is 5.75 Å². The minimum atomic E-state index is -0.568. The van der Waals surface area contributed by atoms with Gasteiger partial charge in [-0.3, -0.25) is 14.6 Å². The van der Waals surface area contributed by atoms with Crippen LogP contribution in [0.25, 0.3) is 0 Å². The highest BCUT2D eigenvalue weighted by molar-refractivity contribution is 7.13. The van der Waals surface area contributed by atoms with Crippen molar-refractivity contribution in [3.05, 3.63) is 66.9 Å². The number of carbonyl (C=O) groups excluding carboxylic acids is 2. The number of aliphatic hydroxyl groups is 1. The number of carbonyl (C=O) groups is 2. The van der Waals surface area contributed by atoms with Gasteiger partial charge in [0, 0.05) is 35.9 Å². The largest absolute Gasteiger partial charge is 0.494 e. The van der Waals surface area contributed by atoms with E-state index in [9.17, 15) is 14.7 Å². The van der Waals surface area contributed by atoms with Crippen LogP contribution < -0.4 is 15.4 Å². The average Bonchev–Trinajstić information content (AvgIpc) is 3.21. The molecule has 2 aromatic heterocycles. The summed E-state index contributed by atoms with van der Waals surface area (Å²) in [5.41, 5.74) is 0.897. The number of amides is 2. The van der Waals surface area contributed by atoms with E-state index in [4.69, 9.17) is 39.5 Å². The number of ether oxygens (including phenoxy) is 1. The Kier molecular flexibility index (Phi) is 8.32. The Bertz CT molecular complexity index is 1320. The van der Waals surface area contributed by atoms with E-state index in [1.165, 1.54) is 25.4 Å². The van der Waals surface area contributed by atoms with Crippen LogP contribution in [0.3, 0.4) is 0 Å². The number of nitrogens with zero attached hydrogens (tertiary/aromatic N) is 3. The highest BCUT2D eigenvalue weighted by Crippen LogP contribution is 2.35. The molecule has 1 aromatic carbocycles. The van der Waals surface area contributed by atoms with Gasteiger partial charge in [0.1, 0.15) is 16.4 Å². The fourth-order valence-electron chi connectivity index (χ4n) is 3.48. The monoisotopic (exact) mass is 567 g/mol. The highest BCUT2D eigenvalue weighted by atomic mass is 35.5. The predicted molar refractivity (Wildman–Crippen MR) is 142 cm³/mol. The van der Waals surface area contributed by atoms with Crippen molar-refractivity contribution in [3.8, 4) is 5.75 Å². The van der Waals surface area contributed by atoms with Crippen LogP contribution in [0.4, 0.5) is 11.5 Å². The van der Waals surface area contributed by atoms with Gasteiger partial charge < -0.3 is 25.4 Å². The van der Waals surface area contributed by atoms with Crippen molar-refractivity contribution < 1.29 is 19.4 Å². The van der Waals surface area contributed by atoms with Crippen LogP contribution in [0, 0.1) is 0 Å². The zero-order valence-corrected chi connectivity index (χ0v) is 21.9. The summed E-state index contributed by atoms with van der Waals surface area (Å²) >= 11 is 19.7. The van der Waals surface area contributed by atoms with Gasteiger partial charge >= 0.3 is 0 Å². The van der Waals surface area contributed by atoms with Crippen molar-refractivity contribution in [2.75, 3.05) is 30.8 Å². The first-order valence-electron chi connectivity index (χ1n) is 10.5. The summed E-state index contributed by atoms with van der Waals surface area (Å²) in [5, 5.41) is 17.9. The summed E-state index contributed by atoms with van der Waals surface area (Å²) in [5.74, 6) is -0.640. The maximum absolute atomic E-state index is 13.2. The third-order valence-corrected chi connectivity index (χ3v) is 7.14. The van der Waals surface area contributed by atoms with E-state index < -0.39 is 17.9 Å². The molecule has 1 atom stereocenters. The molecule has 0 aliphatic carbocycles. The number of halogens is 3. The second kappa shape index (κ2) is 11.4. The van der Waals surface area contributed by atoms with Crippen LogP contribution in [0.1, 0.15) is 25.6 Å². The first-order valence-corrected chi connectivity index (χ1v) is 12.6. The maximum atomic E-state index is 13.2. The molecule has 13 heteroatoms. The van der Waals surface area contributed by atoms with Gasteiger partial charge in [0.05, 0.1) is 47.4 Å². The number of hydrogen-bond donors (Lipinski definition) is 3. The Balaban J connectivity index is 1.58. The number of aliphatic hydroxyl groups excluding tert-OH is 1. The Morgan fingerprint density at radius 3 is 2.69 bits per heavy atom. The van der Waals surface area contributed by atoms with Gasteiger partial charge in [0.2, 0.25) is 0 Å². The molecule has 3 N–H and O–H groups in total. The lowest BCUT2D eigenvalue weighted by Gasteiger charge is -2.25. The highest BCUT2D eigenvalue weighted by Gasteiger charge is 2.24. The van der Waals surface area contributed by atoms with Gasteiger partial charge in [0.15, 0.2) is 0 Å². The number of aliphatic imine (C=N–C) groups is 1. The van der Waals surface area contributed by atoms with E-state index in [0.717, 1.165) is 11.3 Å². The van der Waals surface area contributed by atoms with Crippen molar-refractivity contribution in [2.45, 2.75) is 12.6 Å². The summed E-state index contributed by atoms with van der Waals surface area (Å²) in [4.78, 5) is 36.5. The van der Waals surface area contributed by atoms with Gasteiger partial charge in [-0.1, -0.05) is 34.8 Å². The topological polar surface area (TPSA) is 116 Å². The van der Waals surface area contributed by atoms with Crippen LogP contribution in [0.2, 0.25) is 15.1 Å². The van der Waals surface area contributed by atoms with Crippen LogP contribution >= 0.6 is 46.1 Å². The summed E-state index contributed by atoms with van der Waals surface area (Å²) < 4.78 is 5.38. The SMILES string of the molecule is COc1cc(Cl)cc(C(=O)Nc2ccc(Cl)cn2)c1NC(=O)c1scc(CN2C=NCC(O)C2)c1Cl. The Hall–Kier alpha value is -2.89.